The summed E-state index contributed by atoms with van der Waals surface area (Å²) in [5.41, 5.74) is 7.59. The first-order chi connectivity index (χ1) is 17.6. The predicted octanol–water partition coefficient (Wildman–Crippen LogP) is 4.94. The topological polar surface area (TPSA) is 126 Å². The number of rotatable bonds is 13. The van der Waals surface area contributed by atoms with Crippen LogP contribution in [-0.2, 0) is 25.5 Å². The van der Waals surface area contributed by atoms with Gasteiger partial charge in [0.25, 0.3) is 0 Å². The van der Waals surface area contributed by atoms with Crippen molar-refractivity contribution < 1.29 is 23.8 Å². The Morgan fingerprint density at radius 2 is 1.89 bits per heavy atom. The summed E-state index contributed by atoms with van der Waals surface area (Å²) in [5, 5.41) is 3.43. The average molecular weight is 513 g/mol. The molecule has 202 valence electrons. The van der Waals surface area contributed by atoms with Crippen LogP contribution in [0.3, 0.4) is 0 Å². The zero-order chi connectivity index (χ0) is 27.4. The first-order valence-corrected chi connectivity index (χ1v) is 12.7. The van der Waals surface area contributed by atoms with E-state index in [0.29, 0.717) is 29.2 Å². The van der Waals surface area contributed by atoms with Crippen molar-refractivity contribution in [2.75, 3.05) is 24.8 Å². The molecule has 0 amide bonds. The molecule has 1 heterocycles. The molecule has 1 aromatic heterocycles. The molecule has 0 spiro atoms. The van der Waals surface area contributed by atoms with E-state index in [2.05, 4.69) is 22.2 Å². The van der Waals surface area contributed by atoms with E-state index in [1.807, 2.05) is 45.0 Å². The van der Waals surface area contributed by atoms with Crippen LogP contribution in [0.2, 0.25) is 0 Å². The maximum Gasteiger partial charge on any atom is 0.330 e. The number of carbonyl (C=O) groups excluding carboxylic acids is 2. The van der Waals surface area contributed by atoms with Crippen LogP contribution in [0.1, 0.15) is 77.1 Å². The minimum Gasteiger partial charge on any atom is -0.496 e. The third-order valence-corrected chi connectivity index (χ3v) is 5.36. The van der Waals surface area contributed by atoms with Crippen molar-refractivity contribution in [3.8, 4) is 5.75 Å². The lowest BCUT2D eigenvalue weighted by atomic mass is 10.0. The van der Waals surface area contributed by atoms with Crippen molar-refractivity contribution in [3.63, 3.8) is 0 Å². The van der Waals surface area contributed by atoms with Gasteiger partial charge in [0.15, 0.2) is 0 Å². The maximum absolute atomic E-state index is 12.7. The Labute approximate surface area is 219 Å². The number of anilines is 2. The smallest absolute Gasteiger partial charge is 0.330 e. The minimum absolute atomic E-state index is 0.0429. The molecule has 0 aliphatic carbocycles. The van der Waals surface area contributed by atoms with Gasteiger partial charge >= 0.3 is 11.9 Å². The Morgan fingerprint density at radius 1 is 1.16 bits per heavy atom. The highest BCUT2D eigenvalue weighted by molar-refractivity contribution is 5.87. The first-order valence-electron chi connectivity index (χ1n) is 12.7. The number of nitrogens with two attached hydrogens (primary N) is 1. The number of ether oxygens (including phenoxy) is 3. The number of esters is 2. The predicted molar refractivity (Wildman–Crippen MR) is 145 cm³/mol. The van der Waals surface area contributed by atoms with Gasteiger partial charge in [0.05, 0.1) is 25.8 Å². The van der Waals surface area contributed by atoms with Gasteiger partial charge in [-0.05, 0) is 51.8 Å². The molecule has 2 aromatic rings. The van der Waals surface area contributed by atoms with Gasteiger partial charge in [0.1, 0.15) is 17.2 Å². The monoisotopic (exact) mass is 512 g/mol. The van der Waals surface area contributed by atoms with Gasteiger partial charge in [-0.15, -0.1) is 0 Å². The summed E-state index contributed by atoms with van der Waals surface area (Å²) in [6.45, 7) is 9.64. The van der Waals surface area contributed by atoms with Crippen molar-refractivity contribution in [1.29, 1.82) is 0 Å². The van der Waals surface area contributed by atoms with Crippen molar-refractivity contribution in [2.45, 2.75) is 78.4 Å². The SMILES string of the molecule is CCCC[C@@H](CC(=O)OC(C)(C)C)Nc1nc(N)nc(/C=C/C(=O)OCC)c1Cc1ccccc1OC. The number of nitrogens with zero attached hydrogens (tertiary/aromatic N) is 2. The Morgan fingerprint density at radius 3 is 2.54 bits per heavy atom. The van der Waals surface area contributed by atoms with E-state index < -0.39 is 11.6 Å². The number of benzene rings is 1. The fraction of sp³-hybridized carbons (Fsp3) is 0.500. The molecular formula is C28H40N4O5. The number of unbranched alkanes of at least 4 members (excludes halogenated alkanes) is 1. The van der Waals surface area contributed by atoms with Gasteiger partial charge in [-0.2, -0.15) is 4.98 Å². The number of hydrogen-bond donors (Lipinski definition) is 2. The molecule has 9 nitrogen and oxygen atoms in total. The summed E-state index contributed by atoms with van der Waals surface area (Å²) >= 11 is 0. The number of carbonyl (C=O) groups is 2. The van der Waals surface area contributed by atoms with Crippen LogP contribution >= 0.6 is 0 Å². The van der Waals surface area contributed by atoms with Crippen LogP contribution in [0, 0.1) is 0 Å². The average Bonchev–Trinajstić information content (AvgIpc) is 2.82. The molecule has 0 saturated heterocycles. The van der Waals surface area contributed by atoms with E-state index in [0.717, 1.165) is 24.8 Å². The van der Waals surface area contributed by atoms with Crippen LogP contribution in [0.5, 0.6) is 5.75 Å². The van der Waals surface area contributed by atoms with Gasteiger partial charge in [-0.3, -0.25) is 4.79 Å². The molecule has 2 rings (SSSR count). The van der Waals surface area contributed by atoms with Crippen LogP contribution < -0.4 is 15.8 Å². The van der Waals surface area contributed by atoms with Gasteiger partial charge in [0, 0.05) is 24.1 Å². The zero-order valence-electron chi connectivity index (χ0n) is 22.8. The molecule has 37 heavy (non-hydrogen) atoms. The third-order valence-electron chi connectivity index (χ3n) is 5.36. The second kappa shape index (κ2) is 14.2. The lowest BCUT2D eigenvalue weighted by Gasteiger charge is -2.24. The molecule has 1 aromatic carbocycles. The summed E-state index contributed by atoms with van der Waals surface area (Å²) < 4.78 is 16.1. The maximum atomic E-state index is 12.7. The second-order valence-electron chi connectivity index (χ2n) is 9.64. The summed E-state index contributed by atoms with van der Waals surface area (Å²) in [5.74, 6) is 0.467. The first kappa shape index (κ1) is 29.6. The van der Waals surface area contributed by atoms with Crippen LogP contribution in [-0.4, -0.2) is 47.3 Å². The third kappa shape index (κ3) is 10.1. The molecule has 0 fully saturated rings. The Bertz CT molecular complexity index is 1080. The summed E-state index contributed by atoms with van der Waals surface area (Å²) in [7, 11) is 1.61. The van der Waals surface area contributed by atoms with E-state index in [4.69, 9.17) is 19.9 Å². The summed E-state index contributed by atoms with van der Waals surface area (Å²) in [4.78, 5) is 33.6. The van der Waals surface area contributed by atoms with Crippen molar-refractivity contribution in [1.82, 2.24) is 9.97 Å². The lowest BCUT2D eigenvalue weighted by Crippen LogP contribution is -2.30. The number of nitrogens with one attached hydrogen (secondary N) is 1. The van der Waals surface area contributed by atoms with E-state index >= 15 is 0 Å². The van der Waals surface area contributed by atoms with Crippen LogP contribution in [0.4, 0.5) is 11.8 Å². The van der Waals surface area contributed by atoms with Gasteiger partial charge in [-0.1, -0.05) is 38.0 Å². The van der Waals surface area contributed by atoms with Crippen molar-refractivity contribution >= 4 is 29.8 Å². The highest BCUT2D eigenvalue weighted by atomic mass is 16.6. The van der Waals surface area contributed by atoms with Gasteiger partial charge < -0.3 is 25.3 Å². The number of methoxy groups -OCH3 is 1. The number of nitrogen functional groups attached to an aromatic ring is 1. The number of hydrogen-bond acceptors (Lipinski definition) is 9. The van der Waals surface area contributed by atoms with E-state index in [1.165, 1.54) is 6.08 Å². The van der Waals surface area contributed by atoms with E-state index in [-0.39, 0.29) is 31.0 Å². The van der Waals surface area contributed by atoms with Crippen molar-refractivity contribution in [2.24, 2.45) is 0 Å². The van der Waals surface area contributed by atoms with Gasteiger partial charge in [0.2, 0.25) is 5.95 Å². The highest BCUT2D eigenvalue weighted by Crippen LogP contribution is 2.28. The molecule has 0 bridgehead atoms. The van der Waals surface area contributed by atoms with Crippen LogP contribution in [0.25, 0.3) is 6.08 Å². The Kier molecular flexibility index (Phi) is 11.4. The van der Waals surface area contributed by atoms with Gasteiger partial charge in [-0.25, -0.2) is 9.78 Å². The molecule has 0 radical (unpaired) electrons. The fourth-order valence-electron chi connectivity index (χ4n) is 3.78. The lowest BCUT2D eigenvalue weighted by molar-refractivity contribution is -0.155. The van der Waals surface area contributed by atoms with E-state index in [1.54, 1.807) is 20.1 Å². The minimum atomic E-state index is -0.578. The summed E-state index contributed by atoms with van der Waals surface area (Å²) in [6.07, 6.45) is 6.09. The largest absolute Gasteiger partial charge is 0.496 e. The molecule has 0 unspecified atom stereocenters. The number of para-hydroxylation sites is 1. The molecular weight excluding hydrogens is 472 g/mol. The molecule has 1 atom stereocenters. The van der Waals surface area contributed by atoms with E-state index in [9.17, 15) is 9.59 Å². The quantitative estimate of drug-likeness (QED) is 0.283. The fourth-order valence-corrected chi connectivity index (χ4v) is 3.78. The molecule has 3 N–H and O–H groups in total. The number of aromatic nitrogens is 2. The Hall–Kier alpha value is -3.62. The molecule has 0 aliphatic rings. The standard InChI is InChI=1S/C28H40N4O5/c1-7-9-13-20(18-25(34)37-28(3,4)5)30-26-21(17-19-12-10-11-14-23(19)35-6)22(31-27(29)32-26)15-16-24(33)36-8-2/h10-12,14-16,20H,7-9,13,17-18H2,1-6H3,(H3,29,30,31,32)/b16-15+/t20-/m0/s1. The normalized spacial score (nSPS) is 12.3. The van der Waals surface area contributed by atoms with Crippen LogP contribution in [0.15, 0.2) is 30.3 Å². The Balaban J connectivity index is 2.51. The second-order valence-corrected chi connectivity index (χ2v) is 9.64. The zero-order valence-corrected chi connectivity index (χ0v) is 22.8. The highest BCUT2D eigenvalue weighted by Gasteiger charge is 2.23. The molecule has 9 heteroatoms. The van der Waals surface area contributed by atoms with Crippen molar-refractivity contribution in [3.05, 3.63) is 47.2 Å². The molecule has 0 aliphatic heterocycles. The summed E-state index contributed by atoms with van der Waals surface area (Å²) in [6, 6.07) is 7.41. The molecule has 0 saturated carbocycles.